The van der Waals surface area contributed by atoms with E-state index >= 15 is 0 Å². The molecular weight excluding hydrogens is 288 g/mol. The van der Waals surface area contributed by atoms with E-state index < -0.39 is 0 Å². The minimum atomic E-state index is -0.358. The first-order valence-electron chi connectivity index (χ1n) is 8.44. The molecule has 1 atom stereocenters. The number of nitrogens with two attached hydrogens (primary N) is 1. The van der Waals surface area contributed by atoms with Crippen LogP contribution in [0.15, 0.2) is 24.3 Å². The molecule has 1 saturated heterocycles. The van der Waals surface area contributed by atoms with Crippen LogP contribution in [0.25, 0.3) is 0 Å². The molecule has 2 N–H and O–H groups in total. The molecule has 23 heavy (non-hydrogen) atoms. The second kappa shape index (κ2) is 5.36. The van der Waals surface area contributed by atoms with E-state index in [1.165, 1.54) is 5.56 Å². The fraction of sp³-hybridized carbons (Fsp3) is 0.579. The van der Waals surface area contributed by atoms with Crippen molar-refractivity contribution in [1.29, 1.82) is 0 Å². The Bertz CT molecular complexity index is 624. The van der Waals surface area contributed by atoms with Gasteiger partial charge >= 0.3 is 0 Å². The quantitative estimate of drug-likeness (QED) is 0.931. The summed E-state index contributed by atoms with van der Waals surface area (Å²) in [5.41, 5.74) is 7.52. The van der Waals surface area contributed by atoms with E-state index in [9.17, 15) is 9.59 Å². The Morgan fingerprint density at radius 2 is 1.78 bits per heavy atom. The van der Waals surface area contributed by atoms with Crippen molar-refractivity contribution in [2.24, 2.45) is 11.7 Å². The Hall–Kier alpha value is -1.84. The van der Waals surface area contributed by atoms with E-state index in [1.54, 1.807) is 0 Å². The molecule has 124 valence electrons. The first kappa shape index (κ1) is 16.0. The van der Waals surface area contributed by atoms with Crippen LogP contribution in [-0.4, -0.2) is 29.8 Å². The highest BCUT2D eigenvalue weighted by Crippen LogP contribution is 2.50. The van der Waals surface area contributed by atoms with Gasteiger partial charge in [0.05, 0.1) is 11.3 Å². The van der Waals surface area contributed by atoms with Crippen LogP contribution in [0.1, 0.15) is 51.2 Å². The topological polar surface area (TPSA) is 63.4 Å². The van der Waals surface area contributed by atoms with Gasteiger partial charge in [-0.3, -0.25) is 9.59 Å². The van der Waals surface area contributed by atoms with Gasteiger partial charge in [0.2, 0.25) is 11.8 Å². The number of benzene rings is 1. The normalized spacial score (nSPS) is 22.9. The third kappa shape index (κ3) is 2.87. The summed E-state index contributed by atoms with van der Waals surface area (Å²) < 4.78 is 0. The number of carbonyl (C=O) groups excluding carboxylic acids is 2. The largest absolute Gasteiger partial charge is 0.369 e. The number of hydrogen-bond donors (Lipinski definition) is 1. The van der Waals surface area contributed by atoms with Crippen LogP contribution in [0.2, 0.25) is 0 Å². The molecule has 1 aromatic carbocycles. The van der Waals surface area contributed by atoms with Crippen molar-refractivity contribution in [1.82, 2.24) is 4.90 Å². The van der Waals surface area contributed by atoms with E-state index in [2.05, 4.69) is 45.0 Å². The Morgan fingerprint density at radius 3 is 2.22 bits per heavy atom. The Labute approximate surface area is 138 Å². The summed E-state index contributed by atoms with van der Waals surface area (Å²) in [6.07, 6.45) is 2.50. The van der Waals surface area contributed by atoms with Gasteiger partial charge in [0.1, 0.15) is 0 Å². The van der Waals surface area contributed by atoms with Crippen molar-refractivity contribution < 1.29 is 9.59 Å². The van der Waals surface area contributed by atoms with E-state index in [-0.39, 0.29) is 28.6 Å². The Balaban J connectivity index is 1.77. The van der Waals surface area contributed by atoms with Gasteiger partial charge in [-0.15, -0.1) is 0 Å². The SMILES string of the molecule is CC(C)(C)c1ccc(C2(C(=O)N3CC[C@H](C(N)=O)C3)CC2)cc1. The van der Waals surface area contributed by atoms with Crippen molar-refractivity contribution in [3.05, 3.63) is 35.4 Å². The fourth-order valence-corrected chi connectivity index (χ4v) is 3.52. The molecule has 3 rings (SSSR count). The molecule has 1 saturated carbocycles. The van der Waals surface area contributed by atoms with Gasteiger partial charge in [0.15, 0.2) is 0 Å². The van der Waals surface area contributed by atoms with Crippen molar-refractivity contribution in [3.63, 3.8) is 0 Å². The average Bonchev–Trinajstić information content (AvgIpc) is 3.15. The molecule has 0 unspecified atom stereocenters. The van der Waals surface area contributed by atoms with Crippen LogP contribution in [0, 0.1) is 5.92 Å². The van der Waals surface area contributed by atoms with E-state index in [0.717, 1.165) is 18.4 Å². The highest BCUT2D eigenvalue weighted by Gasteiger charge is 2.53. The maximum Gasteiger partial charge on any atom is 0.233 e. The predicted molar refractivity (Wildman–Crippen MR) is 89.9 cm³/mol. The third-order valence-electron chi connectivity index (χ3n) is 5.34. The highest BCUT2D eigenvalue weighted by molar-refractivity contribution is 5.92. The lowest BCUT2D eigenvalue weighted by Crippen LogP contribution is -2.39. The van der Waals surface area contributed by atoms with Gasteiger partial charge in [-0.05, 0) is 35.8 Å². The number of hydrogen-bond acceptors (Lipinski definition) is 2. The highest BCUT2D eigenvalue weighted by atomic mass is 16.2. The first-order valence-corrected chi connectivity index (χ1v) is 8.44. The van der Waals surface area contributed by atoms with Gasteiger partial charge in [-0.2, -0.15) is 0 Å². The summed E-state index contributed by atoms with van der Waals surface area (Å²) in [6.45, 7) is 7.70. The fourth-order valence-electron chi connectivity index (χ4n) is 3.52. The van der Waals surface area contributed by atoms with Crippen LogP contribution < -0.4 is 5.73 Å². The molecule has 1 heterocycles. The maximum atomic E-state index is 13.0. The lowest BCUT2D eigenvalue weighted by Gasteiger charge is -2.25. The molecule has 2 fully saturated rings. The molecule has 0 spiro atoms. The summed E-state index contributed by atoms with van der Waals surface area (Å²) in [5.74, 6) is -0.303. The van der Waals surface area contributed by atoms with Gasteiger partial charge < -0.3 is 10.6 Å². The van der Waals surface area contributed by atoms with Crippen LogP contribution in [-0.2, 0) is 20.4 Å². The van der Waals surface area contributed by atoms with E-state index in [1.807, 2.05) is 4.90 Å². The first-order chi connectivity index (χ1) is 10.7. The number of carbonyl (C=O) groups is 2. The predicted octanol–water partition coefficient (Wildman–Crippen LogP) is 2.35. The molecule has 4 nitrogen and oxygen atoms in total. The second-order valence-electron chi connectivity index (χ2n) is 8.05. The summed E-state index contributed by atoms with van der Waals surface area (Å²) >= 11 is 0. The van der Waals surface area contributed by atoms with Crippen LogP contribution >= 0.6 is 0 Å². The van der Waals surface area contributed by atoms with Crippen LogP contribution in [0.4, 0.5) is 0 Å². The lowest BCUT2D eigenvalue weighted by atomic mass is 9.84. The van der Waals surface area contributed by atoms with Gasteiger partial charge in [0.25, 0.3) is 0 Å². The Morgan fingerprint density at radius 1 is 1.17 bits per heavy atom. The molecule has 0 aromatic heterocycles. The third-order valence-corrected chi connectivity index (χ3v) is 5.34. The van der Waals surface area contributed by atoms with Gasteiger partial charge in [-0.25, -0.2) is 0 Å². The summed E-state index contributed by atoms with van der Waals surface area (Å²) in [7, 11) is 0. The molecule has 2 aliphatic rings. The monoisotopic (exact) mass is 314 g/mol. The molecule has 4 heteroatoms. The zero-order chi connectivity index (χ0) is 16.8. The summed E-state index contributed by atoms with van der Waals surface area (Å²) in [4.78, 5) is 26.1. The van der Waals surface area contributed by atoms with Crippen molar-refractivity contribution in [3.8, 4) is 0 Å². The minimum absolute atomic E-state index is 0.114. The van der Waals surface area contributed by atoms with E-state index in [4.69, 9.17) is 5.73 Å². The molecular formula is C19H26N2O2. The van der Waals surface area contributed by atoms with Gasteiger partial charge in [0, 0.05) is 13.1 Å². The Kier molecular flexibility index (Phi) is 3.74. The van der Waals surface area contributed by atoms with Crippen molar-refractivity contribution in [2.75, 3.05) is 13.1 Å². The number of primary amides is 1. The standard InChI is InChI=1S/C19H26N2O2/c1-18(2,3)14-4-6-15(7-5-14)19(9-10-19)17(23)21-11-8-13(12-21)16(20)22/h4-7,13H,8-12H2,1-3H3,(H2,20,22)/t13-/m0/s1. The summed E-state index contributed by atoms with van der Waals surface area (Å²) in [6, 6.07) is 8.48. The van der Waals surface area contributed by atoms with E-state index in [0.29, 0.717) is 19.5 Å². The van der Waals surface area contributed by atoms with Gasteiger partial charge in [-0.1, -0.05) is 45.0 Å². The number of nitrogens with zero attached hydrogens (tertiary/aromatic N) is 1. The van der Waals surface area contributed by atoms with Crippen LogP contribution in [0.3, 0.4) is 0 Å². The van der Waals surface area contributed by atoms with Crippen LogP contribution in [0.5, 0.6) is 0 Å². The zero-order valence-electron chi connectivity index (χ0n) is 14.3. The number of likely N-dealkylation sites (tertiary alicyclic amines) is 1. The number of rotatable bonds is 3. The molecule has 0 bridgehead atoms. The minimum Gasteiger partial charge on any atom is -0.369 e. The van der Waals surface area contributed by atoms with Crippen molar-refractivity contribution >= 4 is 11.8 Å². The number of amides is 2. The zero-order valence-corrected chi connectivity index (χ0v) is 14.3. The molecule has 2 amide bonds. The second-order valence-corrected chi connectivity index (χ2v) is 8.05. The molecule has 1 aliphatic heterocycles. The lowest BCUT2D eigenvalue weighted by molar-refractivity contribution is -0.133. The molecule has 1 aromatic rings. The maximum absolute atomic E-state index is 13.0. The molecule has 0 radical (unpaired) electrons. The van der Waals surface area contributed by atoms with Crippen molar-refractivity contribution in [2.45, 2.75) is 50.9 Å². The summed E-state index contributed by atoms with van der Waals surface area (Å²) in [5, 5.41) is 0. The smallest absolute Gasteiger partial charge is 0.233 e. The molecule has 1 aliphatic carbocycles. The average molecular weight is 314 g/mol.